The summed E-state index contributed by atoms with van der Waals surface area (Å²) >= 11 is 0. The Labute approximate surface area is 111 Å². The fourth-order valence-electron chi connectivity index (χ4n) is 2.09. The largest absolute Gasteiger partial charge is 0.356 e. The highest BCUT2D eigenvalue weighted by molar-refractivity contribution is 5.47. The van der Waals surface area contributed by atoms with Gasteiger partial charge in [-0.05, 0) is 37.8 Å². The predicted octanol–water partition coefficient (Wildman–Crippen LogP) is 2.84. The van der Waals surface area contributed by atoms with Crippen molar-refractivity contribution >= 4 is 5.82 Å². The summed E-state index contributed by atoms with van der Waals surface area (Å²) in [5, 5.41) is 0. The number of pyridine rings is 1. The zero-order valence-electron chi connectivity index (χ0n) is 12.2. The molecule has 0 radical (unpaired) electrons. The summed E-state index contributed by atoms with van der Waals surface area (Å²) in [6.07, 6.45) is 3.96. The van der Waals surface area contributed by atoms with Crippen molar-refractivity contribution in [2.75, 3.05) is 18.0 Å². The quantitative estimate of drug-likeness (QED) is 0.808. The maximum absolute atomic E-state index is 5.92. The van der Waals surface area contributed by atoms with Crippen molar-refractivity contribution in [3.63, 3.8) is 0 Å². The van der Waals surface area contributed by atoms with Crippen LogP contribution in [0, 0.1) is 5.92 Å². The van der Waals surface area contributed by atoms with Crippen LogP contribution >= 0.6 is 0 Å². The molecule has 1 aromatic heterocycles. The fourth-order valence-corrected chi connectivity index (χ4v) is 2.09. The molecule has 0 spiro atoms. The summed E-state index contributed by atoms with van der Waals surface area (Å²) < 4.78 is 0. The van der Waals surface area contributed by atoms with E-state index in [9.17, 15) is 0 Å². The third kappa shape index (κ3) is 4.30. The highest BCUT2D eigenvalue weighted by Gasteiger charge is 2.14. The van der Waals surface area contributed by atoms with E-state index < -0.39 is 0 Å². The molecule has 2 atom stereocenters. The molecule has 3 nitrogen and oxygen atoms in total. The van der Waals surface area contributed by atoms with Crippen LogP contribution in [-0.4, -0.2) is 24.1 Å². The molecule has 102 valence electrons. The minimum atomic E-state index is 0.176. The molecule has 3 heteroatoms. The molecule has 0 amide bonds. The van der Waals surface area contributed by atoms with Gasteiger partial charge in [-0.2, -0.15) is 0 Å². The van der Waals surface area contributed by atoms with Crippen LogP contribution in [0.3, 0.4) is 0 Å². The SMILES string of the molecule is CCC(C)CN(CC)c1ncccc1CC(C)N. The van der Waals surface area contributed by atoms with E-state index in [0.29, 0.717) is 5.92 Å². The van der Waals surface area contributed by atoms with Crippen molar-refractivity contribution in [3.05, 3.63) is 23.9 Å². The summed E-state index contributed by atoms with van der Waals surface area (Å²) in [5.41, 5.74) is 7.18. The lowest BCUT2D eigenvalue weighted by Crippen LogP contribution is -2.30. The standard InChI is InChI=1S/C15H27N3/c1-5-12(3)11-18(6-2)15-14(10-13(4)16)8-7-9-17-15/h7-9,12-13H,5-6,10-11,16H2,1-4H3. The Balaban J connectivity index is 2.90. The van der Waals surface area contributed by atoms with Crippen LogP contribution in [0.4, 0.5) is 5.82 Å². The maximum Gasteiger partial charge on any atom is 0.131 e. The first kappa shape index (κ1) is 15.0. The second-order valence-corrected chi connectivity index (χ2v) is 5.22. The van der Waals surface area contributed by atoms with Crippen molar-refractivity contribution in [3.8, 4) is 0 Å². The van der Waals surface area contributed by atoms with Crippen molar-refractivity contribution < 1.29 is 0 Å². The zero-order chi connectivity index (χ0) is 13.5. The van der Waals surface area contributed by atoms with Crippen molar-refractivity contribution in [1.82, 2.24) is 4.98 Å². The van der Waals surface area contributed by atoms with Gasteiger partial charge in [0.15, 0.2) is 0 Å². The van der Waals surface area contributed by atoms with Crippen LogP contribution in [0.2, 0.25) is 0 Å². The van der Waals surface area contributed by atoms with Gasteiger partial charge in [0.1, 0.15) is 5.82 Å². The Morgan fingerprint density at radius 2 is 2.06 bits per heavy atom. The molecule has 0 bridgehead atoms. The molecular weight excluding hydrogens is 222 g/mol. The molecule has 0 fully saturated rings. The Hall–Kier alpha value is -1.09. The van der Waals surface area contributed by atoms with Gasteiger partial charge >= 0.3 is 0 Å². The summed E-state index contributed by atoms with van der Waals surface area (Å²) in [6.45, 7) is 10.8. The molecule has 1 rings (SSSR count). The topological polar surface area (TPSA) is 42.2 Å². The molecule has 1 aromatic rings. The van der Waals surface area contributed by atoms with Gasteiger partial charge < -0.3 is 10.6 Å². The Kier molecular flexibility index (Phi) is 6.13. The molecule has 2 N–H and O–H groups in total. The molecule has 2 unspecified atom stereocenters. The van der Waals surface area contributed by atoms with Gasteiger partial charge in [-0.25, -0.2) is 4.98 Å². The first-order valence-corrected chi connectivity index (χ1v) is 7.02. The Morgan fingerprint density at radius 1 is 1.33 bits per heavy atom. The number of nitrogens with zero attached hydrogens (tertiary/aromatic N) is 2. The van der Waals surface area contributed by atoms with Crippen LogP contribution in [0.5, 0.6) is 0 Å². The van der Waals surface area contributed by atoms with E-state index >= 15 is 0 Å². The monoisotopic (exact) mass is 249 g/mol. The van der Waals surface area contributed by atoms with Crippen LogP contribution in [0.1, 0.15) is 39.7 Å². The lowest BCUT2D eigenvalue weighted by molar-refractivity contribution is 0.544. The number of hydrogen-bond donors (Lipinski definition) is 1. The Morgan fingerprint density at radius 3 is 2.61 bits per heavy atom. The number of nitrogens with two attached hydrogens (primary N) is 1. The lowest BCUT2D eigenvalue weighted by Gasteiger charge is -2.27. The second kappa shape index (κ2) is 7.37. The minimum Gasteiger partial charge on any atom is -0.356 e. The van der Waals surface area contributed by atoms with E-state index in [0.717, 1.165) is 25.3 Å². The van der Waals surface area contributed by atoms with Crippen LogP contribution in [0.25, 0.3) is 0 Å². The number of aromatic nitrogens is 1. The lowest BCUT2D eigenvalue weighted by atomic mass is 10.1. The normalized spacial score (nSPS) is 14.3. The van der Waals surface area contributed by atoms with Gasteiger partial charge in [0, 0.05) is 25.3 Å². The Bertz CT molecular complexity index is 349. The van der Waals surface area contributed by atoms with Gasteiger partial charge in [0.2, 0.25) is 0 Å². The molecule has 0 aliphatic rings. The third-order valence-electron chi connectivity index (χ3n) is 3.32. The number of anilines is 1. The van der Waals surface area contributed by atoms with E-state index in [-0.39, 0.29) is 6.04 Å². The average molecular weight is 249 g/mol. The summed E-state index contributed by atoms with van der Waals surface area (Å²) in [5.74, 6) is 1.80. The summed E-state index contributed by atoms with van der Waals surface area (Å²) in [6, 6.07) is 4.32. The van der Waals surface area contributed by atoms with E-state index in [1.54, 1.807) is 0 Å². The number of hydrogen-bond acceptors (Lipinski definition) is 3. The van der Waals surface area contributed by atoms with Gasteiger partial charge in [0.05, 0.1) is 0 Å². The molecule has 0 aromatic carbocycles. The van der Waals surface area contributed by atoms with Gasteiger partial charge in [0.25, 0.3) is 0 Å². The number of rotatable bonds is 7. The first-order chi connectivity index (χ1) is 8.58. The molecule has 1 heterocycles. The molecule has 0 aliphatic heterocycles. The van der Waals surface area contributed by atoms with Gasteiger partial charge in [-0.1, -0.05) is 26.3 Å². The van der Waals surface area contributed by atoms with E-state index in [2.05, 4.69) is 36.7 Å². The van der Waals surface area contributed by atoms with Crippen molar-refractivity contribution in [2.45, 2.75) is 46.6 Å². The van der Waals surface area contributed by atoms with Crippen molar-refractivity contribution in [1.29, 1.82) is 0 Å². The second-order valence-electron chi connectivity index (χ2n) is 5.22. The first-order valence-electron chi connectivity index (χ1n) is 7.02. The predicted molar refractivity (Wildman–Crippen MR) is 78.9 cm³/mol. The van der Waals surface area contributed by atoms with E-state index in [4.69, 9.17) is 5.73 Å². The van der Waals surface area contributed by atoms with Crippen LogP contribution in [0.15, 0.2) is 18.3 Å². The summed E-state index contributed by atoms with van der Waals surface area (Å²) in [4.78, 5) is 6.93. The van der Waals surface area contributed by atoms with E-state index in [1.807, 2.05) is 19.2 Å². The van der Waals surface area contributed by atoms with Crippen LogP contribution < -0.4 is 10.6 Å². The third-order valence-corrected chi connectivity index (χ3v) is 3.32. The molecular formula is C15H27N3. The maximum atomic E-state index is 5.92. The van der Waals surface area contributed by atoms with Crippen LogP contribution in [-0.2, 0) is 6.42 Å². The average Bonchev–Trinajstić information content (AvgIpc) is 2.36. The van der Waals surface area contributed by atoms with Gasteiger partial charge in [-0.3, -0.25) is 0 Å². The molecule has 0 saturated heterocycles. The smallest absolute Gasteiger partial charge is 0.131 e. The molecule has 0 aliphatic carbocycles. The minimum absolute atomic E-state index is 0.176. The fraction of sp³-hybridized carbons (Fsp3) is 0.667. The van der Waals surface area contributed by atoms with E-state index in [1.165, 1.54) is 12.0 Å². The molecule has 0 saturated carbocycles. The highest BCUT2D eigenvalue weighted by atomic mass is 15.2. The summed E-state index contributed by atoms with van der Waals surface area (Å²) in [7, 11) is 0. The van der Waals surface area contributed by atoms with Gasteiger partial charge in [-0.15, -0.1) is 0 Å². The molecule has 18 heavy (non-hydrogen) atoms. The zero-order valence-corrected chi connectivity index (χ0v) is 12.2. The highest BCUT2D eigenvalue weighted by Crippen LogP contribution is 2.20. The van der Waals surface area contributed by atoms with Crippen molar-refractivity contribution in [2.24, 2.45) is 11.7 Å².